The summed E-state index contributed by atoms with van der Waals surface area (Å²) in [6.07, 6.45) is -1.34. The first-order chi connectivity index (χ1) is 15.0. The van der Waals surface area contributed by atoms with Crippen LogP contribution in [-0.4, -0.2) is 59.6 Å². The molecule has 168 valence electrons. The highest BCUT2D eigenvalue weighted by Gasteiger charge is 2.37. The largest absolute Gasteiger partial charge is 0.488 e. The molecule has 0 radical (unpaired) electrons. The Labute approximate surface area is 187 Å². The van der Waals surface area contributed by atoms with Gasteiger partial charge in [-0.25, -0.2) is 0 Å². The summed E-state index contributed by atoms with van der Waals surface area (Å²) in [6.45, 7) is 3.02. The van der Waals surface area contributed by atoms with Crippen LogP contribution in [0.3, 0.4) is 0 Å². The lowest BCUT2D eigenvalue weighted by atomic mass is 9.89. The molecule has 2 fully saturated rings. The van der Waals surface area contributed by atoms with E-state index in [-0.39, 0.29) is 19.1 Å². The number of hydrogen-bond donors (Lipinski definition) is 3. The van der Waals surface area contributed by atoms with Gasteiger partial charge in [-0.2, -0.15) is 0 Å². The number of aliphatic hydroxyl groups excluding tert-OH is 3. The van der Waals surface area contributed by atoms with Crippen molar-refractivity contribution in [2.24, 2.45) is 0 Å². The topological polar surface area (TPSA) is 88.4 Å². The lowest BCUT2D eigenvalue weighted by Gasteiger charge is -2.37. The Balaban J connectivity index is 1.51. The van der Waals surface area contributed by atoms with Gasteiger partial charge in [-0.15, -0.1) is 0 Å². The van der Waals surface area contributed by atoms with E-state index in [4.69, 9.17) is 25.8 Å². The molecule has 5 atom stereocenters. The van der Waals surface area contributed by atoms with Crippen LogP contribution >= 0.6 is 11.6 Å². The fourth-order valence-corrected chi connectivity index (χ4v) is 4.57. The van der Waals surface area contributed by atoms with Crippen molar-refractivity contribution >= 4 is 11.6 Å². The van der Waals surface area contributed by atoms with Crippen molar-refractivity contribution in [1.29, 1.82) is 0 Å². The molecule has 31 heavy (non-hydrogen) atoms. The number of rotatable bonds is 6. The Hall–Kier alpha value is -1.67. The second-order valence-corrected chi connectivity index (χ2v) is 8.71. The standard InChI is InChI=1S/C24H29ClO6/c1-14-18(22-11-21(27)24(28)23(12-26)31-22)6-7-20(25)19(14)10-15-2-4-16(5-3-15)30-17-8-9-29-13-17/h2-7,17,21-24,26-28H,8-13H2,1H3/t17-,21?,22+,23?,24-/m0/s1. The van der Waals surface area contributed by atoms with Gasteiger partial charge < -0.3 is 29.5 Å². The monoisotopic (exact) mass is 448 g/mol. The number of ether oxygens (including phenoxy) is 3. The van der Waals surface area contributed by atoms with Crippen LogP contribution in [0.15, 0.2) is 36.4 Å². The zero-order chi connectivity index (χ0) is 22.0. The summed E-state index contributed by atoms with van der Waals surface area (Å²) < 4.78 is 17.2. The number of aliphatic hydroxyl groups is 3. The van der Waals surface area contributed by atoms with Gasteiger partial charge in [0.2, 0.25) is 0 Å². The van der Waals surface area contributed by atoms with Crippen LogP contribution in [0.25, 0.3) is 0 Å². The molecule has 2 unspecified atom stereocenters. The predicted molar refractivity (Wildman–Crippen MR) is 117 cm³/mol. The van der Waals surface area contributed by atoms with Gasteiger partial charge in [-0.3, -0.25) is 0 Å². The third kappa shape index (κ3) is 5.06. The SMILES string of the molecule is Cc1c([C@H]2CC(O)[C@H](O)C(CO)O2)ccc(Cl)c1Cc1ccc(O[C@H]2CCOC2)cc1. The molecule has 3 N–H and O–H groups in total. The van der Waals surface area contributed by atoms with Crippen LogP contribution in [0.4, 0.5) is 0 Å². The normalized spacial score (nSPS) is 28.6. The summed E-state index contributed by atoms with van der Waals surface area (Å²) >= 11 is 6.53. The molecule has 2 aromatic carbocycles. The van der Waals surface area contributed by atoms with Crippen molar-refractivity contribution in [2.45, 2.75) is 56.7 Å². The van der Waals surface area contributed by atoms with Crippen LogP contribution in [0.5, 0.6) is 5.75 Å². The minimum atomic E-state index is -1.09. The third-order valence-electron chi connectivity index (χ3n) is 6.17. The molecule has 0 amide bonds. The maximum absolute atomic E-state index is 10.2. The molecule has 0 aliphatic carbocycles. The first kappa shape index (κ1) is 22.5. The van der Waals surface area contributed by atoms with E-state index in [1.807, 2.05) is 43.3 Å². The Kier molecular flexibility index (Phi) is 7.16. The van der Waals surface area contributed by atoms with Gasteiger partial charge >= 0.3 is 0 Å². The molecule has 2 aromatic rings. The lowest BCUT2D eigenvalue weighted by Crippen LogP contribution is -2.47. The summed E-state index contributed by atoms with van der Waals surface area (Å²) in [6, 6.07) is 11.7. The molecule has 0 aromatic heterocycles. The molecule has 7 heteroatoms. The van der Waals surface area contributed by atoms with E-state index in [1.54, 1.807) is 0 Å². The van der Waals surface area contributed by atoms with Gasteiger partial charge in [0.05, 0.1) is 32.0 Å². The van der Waals surface area contributed by atoms with E-state index in [9.17, 15) is 15.3 Å². The van der Waals surface area contributed by atoms with Gasteiger partial charge in [0.25, 0.3) is 0 Å². The molecule has 0 bridgehead atoms. The second kappa shape index (κ2) is 9.86. The fraction of sp³-hybridized carbons (Fsp3) is 0.500. The molecule has 6 nitrogen and oxygen atoms in total. The van der Waals surface area contributed by atoms with E-state index in [1.165, 1.54) is 0 Å². The minimum Gasteiger partial charge on any atom is -0.488 e. The molecule has 0 saturated carbocycles. The van der Waals surface area contributed by atoms with Crippen molar-refractivity contribution in [3.8, 4) is 5.75 Å². The number of halogens is 1. The smallest absolute Gasteiger partial charge is 0.124 e. The zero-order valence-corrected chi connectivity index (χ0v) is 18.3. The van der Waals surface area contributed by atoms with Crippen LogP contribution < -0.4 is 4.74 Å². The summed E-state index contributed by atoms with van der Waals surface area (Å²) in [4.78, 5) is 0. The average Bonchev–Trinajstić information content (AvgIpc) is 3.27. The molecular formula is C24H29ClO6. The lowest BCUT2D eigenvalue weighted by molar-refractivity contribution is -0.181. The molecule has 2 saturated heterocycles. The second-order valence-electron chi connectivity index (χ2n) is 8.30. The van der Waals surface area contributed by atoms with Crippen LogP contribution in [0, 0.1) is 6.92 Å². The van der Waals surface area contributed by atoms with Gasteiger partial charge in [0, 0.05) is 17.9 Å². The van der Waals surface area contributed by atoms with Crippen LogP contribution in [-0.2, 0) is 15.9 Å². The van der Waals surface area contributed by atoms with E-state index in [0.717, 1.165) is 41.0 Å². The van der Waals surface area contributed by atoms with E-state index >= 15 is 0 Å². The summed E-state index contributed by atoms with van der Waals surface area (Å²) in [5, 5.41) is 30.4. The Morgan fingerprint density at radius 1 is 1.13 bits per heavy atom. The highest BCUT2D eigenvalue weighted by atomic mass is 35.5. The highest BCUT2D eigenvalue weighted by molar-refractivity contribution is 6.31. The maximum Gasteiger partial charge on any atom is 0.124 e. The van der Waals surface area contributed by atoms with Crippen molar-refractivity contribution in [3.63, 3.8) is 0 Å². The van der Waals surface area contributed by atoms with Crippen molar-refractivity contribution in [1.82, 2.24) is 0 Å². The van der Waals surface area contributed by atoms with E-state index < -0.39 is 24.4 Å². The molecular weight excluding hydrogens is 420 g/mol. The first-order valence-electron chi connectivity index (χ1n) is 10.7. The highest BCUT2D eigenvalue weighted by Crippen LogP contribution is 2.37. The summed E-state index contributed by atoms with van der Waals surface area (Å²) in [5.74, 6) is 0.828. The zero-order valence-electron chi connectivity index (χ0n) is 17.5. The number of hydrogen-bond acceptors (Lipinski definition) is 6. The first-order valence-corrected chi connectivity index (χ1v) is 11.1. The van der Waals surface area contributed by atoms with E-state index in [0.29, 0.717) is 18.1 Å². The minimum absolute atomic E-state index is 0.117. The van der Waals surface area contributed by atoms with Gasteiger partial charge in [0.1, 0.15) is 24.1 Å². The molecule has 2 aliphatic heterocycles. The molecule has 4 rings (SSSR count). The molecule has 2 heterocycles. The summed E-state index contributed by atoms with van der Waals surface area (Å²) in [7, 11) is 0. The van der Waals surface area contributed by atoms with Crippen molar-refractivity contribution in [2.75, 3.05) is 19.8 Å². The Bertz CT molecular complexity index is 880. The quantitative estimate of drug-likeness (QED) is 0.629. The third-order valence-corrected chi connectivity index (χ3v) is 6.53. The Morgan fingerprint density at radius 3 is 2.58 bits per heavy atom. The van der Waals surface area contributed by atoms with Crippen molar-refractivity contribution in [3.05, 3.63) is 63.7 Å². The average molecular weight is 449 g/mol. The maximum atomic E-state index is 10.2. The van der Waals surface area contributed by atoms with Gasteiger partial charge in [-0.1, -0.05) is 29.8 Å². The number of benzene rings is 2. The molecule has 0 spiro atoms. The van der Waals surface area contributed by atoms with Crippen LogP contribution in [0.2, 0.25) is 5.02 Å². The van der Waals surface area contributed by atoms with Crippen molar-refractivity contribution < 1.29 is 29.5 Å². The van der Waals surface area contributed by atoms with Crippen LogP contribution in [0.1, 0.15) is 41.2 Å². The van der Waals surface area contributed by atoms with Gasteiger partial charge in [0.15, 0.2) is 0 Å². The summed E-state index contributed by atoms with van der Waals surface area (Å²) in [5.41, 5.74) is 3.98. The predicted octanol–water partition coefficient (Wildman–Crippen LogP) is 2.95. The molecule has 2 aliphatic rings. The Morgan fingerprint density at radius 2 is 1.90 bits per heavy atom. The van der Waals surface area contributed by atoms with E-state index in [2.05, 4.69) is 0 Å². The van der Waals surface area contributed by atoms with Gasteiger partial charge in [-0.05, 0) is 53.8 Å². The fourth-order valence-electron chi connectivity index (χ4n) is 4.30.